The van der Waals surface area contributed by atoms with E-state index in [1.165, 1.54) is 0 Å². The molecule has 0 saturated carbocycles. The normalized spacial score (nSPS) is 9.55. The maximum Gasteiger partial charge on any atom is 0.511 e. The van der Waals surface area contributed by atoms with Crippen LogP contribution in [0.4, 0.5) is 4.79 Å². The molecule has 0 bridgehead atoms. The predicted molar refractivity (Wildman–Crippen MR) is 30.6 cm³/mol. The van der Waals surface area contributed by atoms with Crippen molar-refractivity contribution in [1.82, 2.24) is 10.3 Å². The number of nitrogens with one attached hydrogen (secondary N) is 1. The summed E-state index contributed by atoms with van der Waals surface area (Å²) < 4.78 is 13.1. The minimum atomic E-state index is -0.769. The largest absolute Gasteiger partial charge is 0.511 e. The molecule has 0 atom stereocenters. The van der Waals surface area contributed by atoms with Gasteiger partial charge in [0.15, 0.2) is 0 Å². The molecule has 0 aliphatic carbocycles. The first-order valence-corrected chi connectivity index (χ1v) is 2.98. The standard InChI is InChI=1S/C4H8N2O5/c1-2-8-4(7)9-3-10-6-5-11-6/h5H,2-3H2,1H3. The van der Waals surface area contributed by atoms with Crippen LogP contribution in [0.5, 0.6) is 0 Å². The average Bonchev–Trinajstić information content (AvgIpc) is 2.72. The van der Waals surface area contributed by atoms with E-state index in [0.717, 1.165) is 5.02 Å². The van der Waals surface area contributed by atoms with Gasteiger partial charge in [-0.2, -0.15) is 0 Å². The Morgan fingerprint density at radius 3 is 2.91 bits per heavy atom. The van der Waals surface area contributed by atoms with Crippen LogP contribution < -0.4 is 4.84 Å². The van der Waals surface area contributed by atoms with Crippen molar-refractivity contribution in [3.05, 3.63) is 0 Å². The summed E-state index contributed by atoms with van der Waals surface area (Å²) in [5.41, 5.74) is 0. The zero-order chi connectivity index (χ0) is 8.10. The van der Waals surface area contributed by atoms with E-state index in [0.29, 0.717) is 0 Å². The minimum Gasteiger partial charge on any atom is -0.435 e. The van der Waals surface area contributed by atoms with Crippen molar-refractivity contribution in [3.63, 3.8) is 0 Å². The van der Waals surface area contributed by atoms with Gasteiger partial charge in [-0.1, -0.05) is 5.27 Å². The first-order chi connectivity index (χ1) is 5.33. The van der Waals surface area contributed by atoms with Gasteiger partial charge >= 0.3 is 6.16 Å². The van der Waals surface area contributed by atoms with Crippen LogP contribution in [-0.4, -0.2) is 29.8 Å². The number of nitrogens with zero attached hydrogens (tertiary/aromatic N) is 1. The van der Waals surface area contributed by atoms with E-state index < -0.39 is 6.16 Å². The fourth-order valence-corrected chi connectivity index (χ4v) is 0.351. The van der Waals surface area contributed by atoms with Crippen LogP contribution in [0.3, 0.4) is 0 Å². The third kappa shape index (κ3) is 3.23. The summed E-state index contributed by atoms with van der Waals surface area (Å²) in [5, 5.41) is 3.15. The molecule has 0 saturated heterocycles. The Labute approximate surface area is 61.6 Å². The van der Waals surface area contributed by atoms with Gasteiger partial charge in [-0.05, 0) is 6.92 Å². The Bertz CT molecular complexity index is 191. The predicted octanol–water partition coefficient (Wildman–Crippen LogP) is -0.0316. The average molecular weight is 164 g/mol. The Kier molecular flexibility index (Phi) is 2.47. The van der Waals surface area contributed by atoms with E-state index in [2.05, 4.69) is 24.2 Å². The quantitative estimate of drug-likeness (QED) is 0.499. The highest BCUT2D eigenvalue weighted by Gasteiger charge is 2.03. The Balaban J connectivity index is 1.94. The smallest absolute Gasteiger partial charge is 0.435 e. The molecule has 1 heterocycles. The van der Waals surface area contributed by atoms with Gasteiger partial charge in [0, 0.05) is 0 Å². The zero-order valence-electron chi connectivity index (χ0n) is 5.90. The minimum absolute atomic E-state index is 0.244. The van der Waals surface area contributed by atoms with Crippen LogP contribution in [0.25, 0.3) is 0 Å². The third-order valence-corrected chi connectivity index (χ3v) is 0.775. The summed E-state index contributed by atoms with van der Waals surface area (Å²) in [4.78, 5) is 15.0. The maximum atomic E-state index is 10.4. The van der Waals surface area contributed by atoms with Gasteiger partial charge in [0.25, 0.3) is 6.79 Å². The van der Waals surface area contributed by atoms with E-state index >= 15 is 0 Å². The molecule has 7 nitrogen and oxygen atoms in total. The van der Waals surface area contributed by atoms with Crippen molar-refractivity contribution in [1.29, 1.82) is 0 Å². The molecule has 0 amide bonds. The van der Waals surface area contributed by atoms with Gasteiger partial charge in [0.05, 0.1) is 11.6 Å². The second kappa shape index (κ2) is 3.59. The summed E-state index contributed by atoms with van der Waals surface area (Å²) >= 11 is 0. The molecule has 0 spiro atoms. The number of rotatable bonds is 4. The third-order valence-electron chi connectivity index (χ3n) is 0.775. The Morgan fingerprint density at radius 2 is 2.36 bits per heavy atom. The number of aromatic amines is 1. The van der Waals surface area contributed by atoms with E-state index in [1.54, 1.807) is 6.92 Å². The van der Waals surface area contributed by atoms with Crippen LogP contribution in [0, 0.1) is 0 Å². The maximum absolute atomic E-state index is 10.4. The molecule has 0 aliphatic rings. The lowest BCUT2D eigenvalue weighted by Crippen LogP contribution is -2.15. The molecule has 1 aromatic heterocycles. The molecule has 0 unspecified atom stereocenters. The Hall–Kier alpha value is -1.53. The molecular weight excluding hydrogens is 156 g/mol. The van der Waals surface area contributed by atoms with Crippen LogP contribution in [0.15, 0.2) is 4.63 Å². The summed E-state index contributed by atoms with van der Waals surface area (Å²) in [6.45, 7) is 1.71. The van der Waals surface area contributed by atoms with E-state index in [9.17, 15) is 4.79 Å². The monoisotopic (exact) mass is 164 g/mol. The molecule has 1 aromatic rings. The van der Waals surface area contributed by atoms with Crippen molar-refractivity contribution in [3.8, 4) is 0 Å². The first-order valence-electron chi connectivity index (χ1n) is 2.98. The molecule has 7 heteroatoms. The highest BCUT2D eigenvalue weighted by atomic mass is 17.0. The van der Waals surface area contributed by atoms with E-state index in [4.69, 9.17) is 0 Å². The van der Waals surface area contributed by atoms with Crippen LogP contribution >= 0.6 is 0 Å². The SMILES string of the molecule is CCOC(=O)OCOn1[nH]o1. The van der Waals surface area contributed by atoms with E-state index in [1.807, 2.05) is 0 Å². The van der Waals surface area contributed by atoms with Crippen molar-refractivity contribution in [2.45, 2.75) is 6.92 Å². The first kappa shape index (κ1) is 7.58. The summed E-state index contributed by atoms with van der Waals surface area (Å²) in [6, 6.07) is 0. The number of hydrogen-bond donors (Lipinski definition) is 1. The fraction of sp³-hybridized carbons (Fsp3) is 0.750. The van der Waals surface area contributed by atoms with Gasteiger partial charge < -0.3 is 14.3 Å². The zero-order valence-corrected chi connectivity index (χ0v) is 5.90. The lowest BCUT2D eigenvalue weighted by molar-refractivity contribution is -0.0692. The molecule has 0 radical (unpaired) electrons. The number of ether oxygens (including phenoxy) is 2. The number of carbonyl (C=O) groups excluding carboxylic acids is 1. The van der Waals surface area contributed by atoms with Gasteiger partial charge in [-0.3, -0.25) is 0 Å². The van der Waals surface area contributed by atoms with Gasteiger partial charge in [0.1, 0.15) is 0 Å². The van der Waals surface area contributed by atoms with Crippen LogP contribution in [0.1, 0.15) is 6.92 Å². The molecular formula is C4H8N2O5. The van der Waals surface area contributed by atoms with Crippen molar-refractivity contribution < 1.29 is 23.7 Å². The van der Waals surface area contributed by atoms with Gasteiger partial charge in [-0.15, -0.1) is 0 Å². The van der Waals surface area contributed by atoms with Crippen molar-refractivity contribution >= 4 is 6.16 Å². The Morgan fingerprint density at radius 1 is 1.64 bits per heavy atom. The number of hydrogen-bond acceptors (Lipinski definition) is 5. The van der Waals surface area contributed by atoms with Gasteiger partial charge in [-0.25, -0.2) is 9.42 Å². The lowest BCUT2D eigenvalue weighted by Gasteiger charge is -2.00. The van der Waals surface area contributed by atoms with Crippen molar-refractivity contribution in [2.24, 2.45) is 0 Å². The highest BCUT2D eigenvalue weighted by molar-refractivity contribution is 5.59. The molecule has 1 N–H and O–H groups in total. The van der Waals surface area contributed by atoms with E-state index in [-0.39, 0.29) is 13.4 Å². The molecule has 0 aliphatic heterocycles. The summed E-state index contributed by atoms with van der Waals surface area (Å²) in [5.74, 6) is 0. The molecule has 0 aromatic carbocycles. The summed E-state index contributed by atoms with van der Waals surface area (Å²) in [6.07, 6.45) is -0.769. The fourth-order valence-electron chi connectivity index (χ4n) is 0.351. The van der Waals surface area contributed by atoms with Crippen LogP contribution in [0.2, 0.25) is 0 Å². The van der Waals surface area contributed by atoms with Crippen LogP contribution in [-0.2, 0) is 9.47 Å². The number of H-pyrrole nitrogens is 1. The highest BCUT2D eigenvalue weighted by Crippen LogP contribution is 1.85. The second-order valence-corrected chi connectivity index (χ2v) is 1.51. The second-order valence-electron chi connectivity index (χ2n) is 1.51. The molecule has 64 valence electrons. The van der Waals surface area contributed by atoms with Crippen molar-refractivity contribution in [2.75, 3.05) is 13.4 Å². The number of aromatic nitrogens is 2. The molecule has 0 fully saturated rings. The van der Waals surface area contributed by atoms with Gasteiger partial charge in [0.2, 0.25) is 0 Å². The lowest BCUT2D eigenvalue weighted by atomic mass is 10.9. The molecule has 11 heavy (non-hydrogen) atoms. The topological polar surface area (TPSA) is 78.6 Å². The number of carbonyl (C=O) groups is 1. The molecule has 1 rings (SSSR count). The summed E-state index contributed by atoms with van der Waals surface area (Å²) in [7, 11) is 0.